The van der Waals surface area contributed by atoms with Gasteiger partial charge in [0.2, 0.25) is 0 Å². The van der Waals surface area contributed by atoms with E-state index in [0.717, 1.165) is 32.2 Å². The molecule has 2 atom stereocenters. The summed E-state index contributed by atoms with van der Waals surface area (Å²) in [6, 6.07) is 0. The lowest BCUT2D eigenvalue weighted by Gasteiger charge is -2.38. The topological polar surface area (TPSA) is 58.6 Å². The Hall–Kier alpha value is -0.610. The molecule has 0 saturated carbocycles. The highest BCUT2D eigenvalue weighted by Gasteiger charge is 2.47. The number of ether oxygens (including phenoxy) is 1. The van der Waals surface area contributed by atoms with Gasteiger partial charge < -0.3 is 15.2 Å². The van der Waals surface area contributed by atoms with Crippen molar-refractivity contribution in [2.24, 2.45) is 5.92 Å². The zero-order valence-electron chi connectivity index (χ0n) is 8.29. The van der Waals surface area contributed by atoms with Gasteiger partial charge in [0.15, 0.2) is 0 Å². The largest absolute Gasteiger partial charge is 0.480 e. The van der Waals surface area contributed by atoms with Crippen molar-refractivity contribution in [2.45, 2.75) is 31.2 Å². The van der Waals surface area contributed by atoms with E-state index in [4.69, 9.17) is 4.74 Å². The third-order valence-corrected chi connectivity index (χ3v) is 3.45. The monoisotopic (exact) mass is 199 g/mol. The maximum Gasteiger partial charge on any atom is 0.324 e. The summed E-state index contributed by atoms with van der Waals surface area (Å²) in [5.74, 6) is -0.548. The number of nitrogens with one attached hydrogen (secondary N) is 1. The molecule has 2 heterocycles. The Morgan fingerprint density at radius 3 is 2.86 bits per heavy atom. The number of carboxylic acids is 1. The Morgan fingerprint density at radius 1 is 1.50 bits per heavy atom. The second-order valence-corrected chi connectivity index (χ2v) is 4.22. The molecule has 2 aliphatic heterocycles. The highest BCUT2D eigenvalue weighted by molar-refractivity contribution is 5.79. The molecule has 0 aromatic heterocycles. The molecule has 0 aromatic rings. The average molecular weight is 199 g/mol. The zero-order valence-corrected chi connectivity index (χ0v) is 8.29. The first-order valence-corrected chi connectivity index (χ1v) is 5.32. The summed E-state index contributed by atoms with van der Waals surface area (Å²) in [5, 5.41) is 12.5. The van der Waals surface area contributed by atoms with Crippen LogP contribution in [0.3, 0.4) is 0 Å². The fraction of sp³-hybridized carbons (Fsp3) is 0.900. The van der Waals surface area contributed by atoms with E-state index in [1.54, 1.807) is 0 Å². The van der Waals surface area contributed by atoms with Crippen LogP contribution in [0.5, 0.6) is 0 Å². The minimum absolute atomic E-state index is 0.153. The number of hydrogen-bond donors (Lipinski definition) is 2. The van der Waals surface area contributed by atoms with Crippen molar-refractivity contribution >= 4 is 5.97 Å². The van der Waals surface area contributed by atoms with Gasteiger partial charge in [-0.1, -0.05) is 0 Å². The van der Waals surface area contributed by atoms with Gasteiger partial charge in [-0.3, -0.25) is 4.79 Å². The van der Waals surface area contributed by atoms with Crippen LogP contribution >= 0.6 is 0 Å². The van der Waals surface area contributed by atoms with Crippen LogP contribution < -0.4 is 5.32 Å². The van der Waals surface area contributed by atoms with Crippen LogP contribution in [0.1, 0.15) is 25.7 Å². The fourth-order valence-corrected chi connectivity index (χ4v) is 2.56. The summed E-state index contributed by atoms with van der Waals surface area (Å²) in [7, 11) is 0. The summed E-state index contributed by atoms with van der Waals surface area (Å²) in [6.07, 6.45) is 3.72. The zero-order chi connectivity index (χ0) is 10.0. The number of carbonyl (C=O) groups is 1. The smallest absolute Gasteiger partial charge is 0.324 e. The predicted octanol–water partition coefficient (Wildman–Crippen LogP) is 0.620. The van der Waals surface area contributed by atoms with E-state index in [1.165, 1.54) is 0 Å². The first-order chi connectivity index (χ1) is 6.76. The molecule has 2 N–H and O–H groups in total. The van der Waals surface area contributed by atoms with Gasteiger partial charge in [0.25, 0.3) is 0 Å². The number of carboxylic acid groups (broad SMARTS) is 1. The number of aliphatic carboxylic acids is 1. The Balaban J connectivity index is 2.15. The van der Waals surface area contributed by atoms with Gasteiger partial charge in [-0.2, -0.15) is 0 Å². The van der Waals surface area contributed by atoms with Crippen molar-refractivity contribution in [3.63, 3.8) is 0 Å². The van der Waals surface area contributed by atoms with Gasteiger partial charge in [-0.15, -0.1) is 0 Å². The Morgan fingerprint density at radius 2 is 2.36 bits per heavy atom. The lowest BCUT2D eigenvalue weighted by molar-refractivity contribution is -0.149. The number of rotatable bonds is 2. The van der Waals surface area contributed by atoms with Crippen LogP contribution in [0.4, 0.5) is 0 Å². The molecule has 0 spiro atoms. The highest BCUT2D eigenvalue weighted by atomic mass is 16.5. The molecule has 2 rings (SSSR count). The first-order valence-electron chi connectivity index (χ1n) is 5.32. The summed E-state index contributed by atoms with van der Waals surface area (Å²) in [5.41, 5.74) is -0.700. The lowest BCUT2D eigenvalue weighted by Crippen LogP contribution is -2.59. The summed E-state index contributed by atoms with van der Waals surface area (Å²) in [4.78, 5) is 11.3. The summed E-state index contributed by atoms with van der Waals surface area (Å²) >= 11 is 0. The molecule has 80 valence electrons. The Bertz CT molecular complexity index is 217. The molecule has 0 bridgehead atoms. The quantitative estimate of drug-likeness (QED) is 0.684. The van der Waals surface area contributed by atoms with Crippen molar-refractivity contribution in [2.75, 3.05) is 19.8 Å². The van der Waals surface area contributed by atoms with Gasteiger partial charge in [-0.05, 0) is 32.2 Å². The molecule has 0 aliphatic carbocycles. The molecule has 14 heavy (non-hydrogen) atoms. The molecule has 0 radical (unpaired) electrons. The van der Waals surface area contributed by atoms with E-state index in [0.29, 0.717) is 13.2 Å². The standard InChI is InChI=1S/C10H17NO3/c12-9(13)10(4-1-2-5-11-10)8-3-6-14-7-8/h8,11H,1-7H2,(H,12,13). The van der Waals surface area contributed by atoms with Gasteiger partial charge >= 0.3 is 5.97 Å². The maximum atomic E-state index is 11.3. The molecule has 2 aliphatic rings. The SMILES string of the molecule is O=C(O)C1(C2CCOC2)CCCCN1. The summed E-state index contributed by atoms with van der Waals surface area (Å²) < 4.78 is 5.28. The van der Waals surface area contributed by atoms with E-state index in [2.05, 4.69) is 5.32 Å². The normalized spacial score (nSPS) is 38.4. The van der Waals surface area contributed by atoms with Gasteiger partial charge in [0.1, 0.15) is 5.54 Å². The maximum absolute atomic E-state index is 11.3. The third kappa shape index (κ3) is 1.53. The molecular weight excluding hydrogens is 182 g/mol. The van der Waals surface area contributed by atoms with E-state index < -0.39 is 11.5 Å². The summed E-state index contributed by atoms with van der Waals surface area (Å²) in [6.45, 7) is 2.13. The fourth-order valence-electron chi connectivity index (χ4n) is 2.56. The molecule has 4 nitrogen and oxygen atoms in total. The van der Waals surface area contributed by atoms with E-state index >= 15 is 0 Å². The van der Waals surface area contributed by atoms with Crippen molar-refractivity contribution in [3.8, 4) is 0 Å². The minimum atomic E-state index is -0.701. The lowest BCUT2D eigenvalue weighted by atomic mass is 9.77. The van der Waals surface area contributed by atoms with Crippen LogP contribution in [-0.4, -0.2) is 36.4 Å². The van der Waals surface area contributed by atoms with Gasteiger partial charge in [-0.25, -0.2) is 0 Å². The molecule has 4 heteroatoms. The van der Waals surface area contributed by atoms with Crippen molar-refractivity contribution in [1.29, 1.82) is 0 Å². The van der Waals surface area contributed by atoms with Crippen LogP contribution in [0.2, 0.25) is 0 Å². The highest BCUT2D eigenvalue weighted by Crippen LogP contribution is 2.33. The second kappa shape index (κ2) is 3.87. The van der Waals surface area contributed by atoms with Crippen LogP contribution in [0.25, 0.3) is 0 Å². The van der Waals surface area contributed by atoms with Crippen LogP contribution in [0, 0.1) is 5.92 Å². The van der Waals surface area contributed by atoms with Crippen molar-refractivity contribution in [3.05, 3.63) is 0 Å². The second-order valence-electron chi connectivity index (χ2n) is 4.22. The van der Waals surface area contributed by atoms with Crippen molar-refractivity contribution < 1.29 is 14.6 Å². The molecule has 2 unspecified atom stereocenters. The number of hydrogen-bond acceptors (Lipinski definition) is 3. The molecule has 0 amide bonds. The predicted molar refractivity (Wildman–Crippen MR) is 51.1 cm³/mol. The van der Waals surface area contributed by atoms with E-state index in [-0.39, 0.29) is 5.92 Å². The van der Waals surface area contributed by atoms with Crippen molar-refractivity contribution in [1.82, 2.24) is 5.32 Å². The molecule has 2 fully saturated rings. The first kappa shape index (κ1) is 9.93. The minimum Gasteiger partial charge on any atom is -0.480 e. The molecule has 2 saturated heterocycles. The molecular formula is C10H17NO3. The Kier molecular flexibility index (Phi) is 2.74. The van der Waals surface area contributed by atoms with Gasteiger partial charge in [0.05, 0.1) is 6.61 Å². The molecule has 0 aromatic carbocycles. The van der Waals surface area contributed by atoms with E-state index in [9.17, 15) is 9.90 Å². The van der Waals surface area contributed by atoms with Crippen LogP contribution in [0.15, 0.2) is 0 Å². The van der Waals surface area contributed by atoms with Gasteiger partial charge in [0, 0.05) is 12.5 Å². The number of piperidine rings is 1. The Labute approximate surface area is 83.6 Å². The third-order valence-electron chi connectivity index (χ3n) is 3.45. The average Bonchev–Trinajstić information content (AvgIpc) is 2.72. The van der Waals surface area contributed by atoms with Crippen LogP contribution in [-0.2, 0) is 9.53 Å². The van der Waals surface area contributed by atoms with E-state index in [1.807, 2.05) is 0 Å².